The molecule has 3 fully saturated rings. The molecular formula is C69H130O21. The van der Waals surface area contributed by atoms with Crippen LogP contribution >= 0.6 is 0 Å². The van der Waals surface area contributed by atoms with Crippen molar-refractivity contribution in [2.75, 3.05) is 264 Å². The Morgan fingerprint density at radius 3 is 1.02 bits per heavy atom. The van der Waals surface area contributed by atoms with Crippen molar-refractivity contribution >= 4 is 0 Å². The second-order valence-electron chi connectivity index (χ2n) is 25.0. The van der Waals surface area contributed by atoms with E-state index in [2.05, 4.69) is 47.6 Å². The molecule has 21 nitrogen and oxygen atoms in total. The Balaban J connectivity index is 0.762. The largest absolute Gasteiger partial charge is 0.394 e. The third-order valence-corrected chi connectivity index (χ3v) is 18.8. The van der Waals surface area contributed by atoms with E-state index >= 15 is 0 Å². The van der Waals surface area contributed by atoms with E-state index < -0.39 is 0 Å². The van der Waals surface area contributed by atoms with E-state index in [4.69, 9.17) is 99.8 Å². The molecule has 0 radical (unpaired) electrons. The number of ether oxygens (including phenoxy) is 20. The van der Waals surface area contributed by atoms with E-state index in [9.17, 15) is 0 Å². The smallest absolute Gasteiger partial charge is 0.0704 e. The summed E-state index contributed by atoms with van der Waals surface area (Å²) in [6.45, 7) is 34.8. The van der Waals surface area contributed by atoms with E-state index in [1.165, 1.54) is 64.2 Å². The van der Waals surface area contributed by atoms with Gasteiger partial charge in [-0.05, 0) is 110 Å². The van der Waals surface area contributed by atoms with E-state index in [1.54, 1.807) is 5.57 Å². The van der Waals surface area contributed by atoms with Gasteiger partial charge in [-0.1, -0.05) is 66.0 Å². The fourth-order valence-electron chi connectivity index (χ4n) is 13.8. The molecule has 9 atom stereocenters. The van der Waals surface area contributed by atoms with Crippen molar-refractivity contribution in [3.63, 3.8) is 0 Å². The molecule has 4 rings (SSSR count). The lowest BCUT2D eigenvalue weighted by molar-refractivity contribution is -0.0694. The zero-order chi connectivity index (χ0) is 64.1. The van der Waals surface area contributed by atoms with Crippen molar-refractivity contribution < 1.29 is 99.8 Å². The molecule has 21 heteroatoms. The first-order valence-electron chi connectivity index (χ1n) is 35.1. The normalized spacial score (nSPS) is 23.1. The van der Waals surface area contributed by atoms with Crippen LogP contribution in [0.25, 0.3) is 0 Å². The second-order valence-corrected chi connectivity index (χ2v) is 25.0. The van der Waals surface area contributed by atoms with E-state index in [0.717, 1.165) is 47.8 Å². The molecule has 0 amide bonds. The maximum atomic E-state index is 8.62. The number of allylic oxidation sites excluding steroid dienone is 1. The highest BCUT2D eigenvalue weighted by molar-refractivity contribution is 5.25. The van der Waals surface area contributed by atoms with Crippen molar-refractivity contribution in [3.8, 4) is 0 Å². The highest BCUT2D eigenvalue weighted by Crippen LogP contribution is 2.67. The number of fused-ring (bicyclic) bond motifs is 5. The van der Waals surface area contributed by atoms with E-state index in [1.807, 2.05) is 0 Å². The summed E-state index contributed by atoms with van der Waals surface area (Å²) in [6, 6.07) is 0. The van der Waals surface area contributed by atoms with Gasteiger partial charge in [0, 0.05) is 0 Å². The van der Waals surface area contributed by atoms with Crippen LogP contribution in [0, 0.1) is 52.3 Å². The van der Waals surface area contributed by atoms with Gasteiger partial charge >= 0.3 is 0 Å². The van der Waals surface area contributed by atoms with Crippen LogP contribution in [-0.2, 0) is 94.7 Å². The average Bonchev–Trinajstić information content (AvgIpc) is 1.34. The predicted molar refractivity (Wildman–Crippen MR) is 345 cm³/mol. The van der Waals surface area contributed by atoms with Gasteiger partial charge in [0.05, 0.1) is 270 Å². The SMILES string of the molecule is CC[C@H](CC[C@@H](C)[C@H]1CC[C@H]2[C@@H]3CC=C4CC(OCCOCCOCCOCCOCCOCCOCCOCCOCCOCCOCCOCCOCCOCCOCCOCCOCCOCCOCCOCCO)CC[C@]4(C)[C@H]3CC[C@]12C)C(C)C. The Labute approximate surface area is 544 Å². The molecular weight excluding hydrogens is 1160 g/mol. The third-order valence-electron chi connectivity index (χ3n) is 18.8. The number of rotatable bonds is 66. The van der Waals surface area contributed by atoms with Gasteiger partial charge in [-0.15, -0.1) is 0 Å². The molecule has 3 saturated carbocycles. The molecule has 0 bridgehead atoms. The van der Waals surface area contributed by atoms with Crippen LogP contribution in [-0.4, -0.2) is 275 Å². The van der Waals surface area contributed by atoms with Gasteiger partial charge in [0.25, 0.3) is 0 Å². The Hall–Kier alpha value is -1.10. The Morgan fingerprint density at radius 2 is 0.711 bits per heavy atom. The third kappa shape index (κ3) is 36.3. The molecule has 0 aliphatic heterocycles. The lowest BCUT2D eigenvalue weighted by atomic mass is 9.47. The average molecular weight is 1300 g/mol. The first kappa shape index (κ1) is 81.3. The molecule has 1 unspecified atom stereocenters. The van der Waals surface area contributed by atoms with Crippen molar-refractivity contribution in [2.24, 2.45) is 52.3 Å². The number of aliphatic hydroxyl groups excluding tert-OH is 1. The first-order valence-corrected chi connectivity index (χ1v) is 35.1. The summed E-state index contributed by atoms with van der Waals surface area (Å²) in [5, 5.41) is 8.62. The molecule has 0 aromatic rings. The second kappa shape index (κ2) is 55.0. The summed E-state index contributed by atoms with van der Waals surface area (Å²) in [7, 11) is 0. The molecule has 4 aliphatic rings. The molecule has 1 N–H and O–H groups in total. The predicted octanol–water partition coefficient (Wildman–Crippen LogP) is 8.36. The van der Waals surface area contributed by atoms with Gasteiger partial charge in [-0.25, -0.2) is 0 Å². The van der Waals surface area contributed by atoms with Crippen LogP contribution < -0.4 is 0 Å². The number of hydrogen-bond acceptors (Lipinski definition) is 21. The Bertz CT molecular complexity index is 1640. The molecule has 0 heterocycles. The van der Waals surface area contributed by atoms with Crippen molar-refractivity contribution in [1.29, 1.82) is 0 Å². The fraction of sp³-hybridized carbons (Fsp3) is 0.971. The van der Waals surface area contributed by atoms with Crippen LogP contribution in [0.1, 0.15) is 112 Å². The van der Waals surface area contributed by atoms with Crippen molar-refractivity contribution in [2.45, 2.75) is 118 Å². The minimum absolute atomic E-state index is 0.0199. The van der Waals surface area contributed by atoms with Crippen LogP contribution in [0.3, 0.4) is 0 Å². The summed E-state index contributed by atoms with van der Waals surface area (Å²) in [4.78, 5) is 0. The maximum Gasteiger partial charge on any atom is 0.0704 e. The summed E-state index contributed by atoms with van der Waals surface area (Å²) in [6.07, 6.45) is 17.8. The molecule has 0 aromatic heterocycles. The number of aliphatic hydroxyl groups is 1. The summed E-state index contributed by atoms with van der Waals surface area (Å²) >= 11 is 0. The lowest BCUT2D eigenvalue weighted by Crippen LogP contribution is -2.51. The van der Waals surface area contributed by atoms with E-state index in [-0.39, 0.29) is 6.61 Å². The first-order chi connectivity index (χ1) is 44.2. The summed E-state index contributed by atoms with van der Waals surface area (Å²) < 4.78 is 112. The standard InChI is InChI=1S/C69H130O21/c1-7-61(59(2)3)9-8-60(4)65-12-13-66-64-11-10-62-58-63(14-16-68(62,5)67(64)15-17-69(65,66)6)90-57-56-89-55-54-88-53-52-87-51-50-86-49-48-85-47-46-84-45-44-83-43-42-82-41-40-81-39-38-80-37-36-79-35-34-78-33-32-77-31-30-76-29-28-75-27-26-74-25-24-73-23-22-72-21-20-71-19-18-70/h10,59-61,63-67,70H,7-9,11-58H2,1-6H3/t60-,61-,63?,64+,65-,66+,67+,68+,69-/m1/s1. The highest BCUT2D eigenvalue weighted by Gasteiger charge is 2.59. The quantitative estimate of drug-likeness (QED) is 0.0449. The molecule has 4 aliphatic carbocycles. The summed E-state index contributed by atoms with van der Waals surface area (Å²) in [5.41, 5.74) is 2.59. The van der Waals surface area contributed by atoms with Crippen LogP contribution in [0.15, 0.2) is 11.6 Å². The van der Waals surface area contributed by atoms with Crippen molar-refractivity contribution in [3.05, 3.63) is 11.6 Å². The van der Waals surface area contributed by atoms with Gasteiger partial charge in [0.1, 0.15) is 0 Å². The Kier molecular flexibility index (Phi) is 49.7. The minimum atomic E-state index is 0.0199. The summed E-state index contributed by atoms with van der Waals surface area (Å²) in [5.74, 6) is 6.07. The van der Waals surface area contributed by atoms with Crippen LogP contribution in [0.5, 0.6) is 0 Å². The maximum absolute atomic E-state index is 8.62. The van der Waals surface area contributed by atoms with Gasteiger partial charge in [-0.3, -0.25) is 0 Å². The number of hydrogen-bond donors (Lipinski definition) is 1. The van der Waals surface area contributed by atoms with Gasteiger partial charge in [-0.2, -0.15) is 0 Å². The zero-order valence-corrected chi connectivity index (χ0v) is 57.4. The highest BCUT2D eigenvalue weighted by atomic mass is 16.6. The van der Waals surface area contributed by atoms with Crippen LogP contribution in [0.4, 0.5) is 0 Å². The zero-order valence-electron chi connectivity index (χ0n) is 57.4. The van der Waals surface area contributed by atoms with Crippen LogP contribution in [0.2, 0.25) is 0 Å². The molecule has 0 aromatic carbocycles. The molecule has 0 saturated heterocycles. The van der Waals surface area contributed by atoms with Crippen molar-refractivity contribution in [1.82, 2.24) is 0 Å². The molecule has 532 valence electrons. The van der Waals surface area contributed by atoms with Gasteiger partial charge in [0.2, 0.25) is 0 Å². The molecule has 90 heavy (non-hydrogen) atoms. The molecule has 0 spiro atoms. The van der Waals surface area contributed by atoms with E-state index in [0.29, 0.717) is 275 Å². The lowest BCUT2D eigenvalue weighted by Gasteiger charge is -2.58. The topological polar surface area (TPSA) is 205 Å². The monoisotopic (exact) mass is 1290 g/mol. The Morgan fingerprint density at radius 1 is 0.389 bits per heavy atom. The minimum Gasteiger partial charge on any atom is -0.394 e. The van der Waals surface area contributed by atoms with Gasteiger partial charge < -0.3 is 99.8 Å². The van der Waals surface area contributed by atoms with Gasteiger partial charge in [0.15, 0.2) is 0 Å². The fourth-order valence-corrected chi connectivity index (χ4v) is 13.8.